The maximum atomic E-state index is 12.6. The summed E-state index contributed by atoms with van der Waals surface area (Å²) >= 11 is 6.38. The number of aryl methyl sites for hydroxylation is 1. The van der Waals surface area contributed by atoms with Gasteiger partial charge in [0.25, 0.3) is 11.8 Å². The molecule has 0 saturated heterocycles. The lowest BCUT2D eigenvalue weighted by Gasteiger charge is -2.14. The second kappa shape index (κ2) is 12.3. The normalized spacial score (nSPS) is 10.7. The second-order valence-corrected chi connectivity index (χ2v) is 7.95. The molecule has 0 unspecified atom stereocenters. The van der Waals surface area contributed by atoms with E-state index in [1.54, 1.807) is 49.6 Å². The highest BCUT2D eigenvalue weighted by molar-refractivity contribution is 6.32. The van der Waals surface area contributed by atoms with Crippen molar-refractivity contribution in [1.82, 2.24) is 0 Å². The number of carbonyl (C=O) groups is 2. The zero-order chi connectivity index (χ0) is 26.1. The van der Waals surface area contributed by atoms with Crippen LogP contribution in [0.1, 0.15) is 11.1 Å². The molecule has 0 bridgehead atoms. The number of rotatable bonds is 9. The van der Waals surface area contributed by atoms with Gasteiger partial charge in [0.2, 0.25) is 0 Å². The van der Waals surface area contributed by atoms with Gasteiger partial charge < -0.3 is 24.8 Å². The van der Waals surface area contributed by atoms with E-state index in [-0.39, 0.29) is 28.7 Å². The highest BCUT2D eigenvalue weighted by Gasteiger charge is 2.16. The van der Waals surface area contributed by atoms with Gasteiger partial charge in [0.15, 0.2) is 18.1 Å². The Hall–Kier alpha value is -4.48. The number of anilines is 2. The number of para-hydroxylation sites is 1. The van der Waals surface area contributed by atoms with Gasteiger partial charge in [-0.2, -0.15) is 5.26 Å². The number of ether oxygens (including phenoxy) is 3. The number of nitrogens with zero attached hydrogens (tertiary/aromatic N) is 1. The summed E-state index contributed by atoms with van der Waals surface area (Å²) in [4.78, 5) is 24.9. The van der Waals surface area contributed by atoms with Crippen molar-refractivity contribution in [3.63, 3.8) is 0 Å². The number of nitrogens with one attached hydrogen (secondary N) is 2. The summed E-state index contributed by atoms with van der Waals surface area (Å²) in [6, 6.07) is 19.1. The minimum Gasteiger partial charge on any atom is -0.497 e. The van der Waals surface area contributed by atoms with Crippen molar-refractivity contribution in [1.29, 1.82) is 5.26 Å². The lowest BCUT2D eigenvalue weighted by atomic mass is 10.1. The fourth-order valence-corrected chi connectivity index (χ4v) is 3.46. The van der Waals surface area contributed by atoms with Crippen molar-refractivity contribution in [2.45, 2.75) is 6.92 Å². The zero-order valence-electron chi connectivity index (χ0n) is 19.9. The van der Waals surface area contributed by atoms with Crippen LogP contribution in [-0.2, 0) is 9.59 Å². The van der Waals surface area contributed by atoms with Crippen molar-refractivity contribution >= 4 is 40.9 Å². The van der Waals surface area contributed by atoms with E-state index in [1.165, 1.54) is 19.3 Å². The van der Waals surface area contributed by atoms with Crippen molar-refractivity contribution in [2.75, 3.05) is 31.5 Å². The molecule has 0 aromatic heterocycles. The van der Waals surface area contributed by atoms with E-state index in [9.17, 15) is 14.9 Å². The molecule has 0 atom stereocenters. The fourth-order valence-electron chi connectivity index (χ4n) is 3.19. The van der Waals surface area contributed by atoms with Crippen molar-refractivity contribution in [3.8, 4) is 23.3 Å². The molecule has 0 heterocycles. The average molecular weight is 506 g/mol. The second-order valence-electron chi connectivity index (χ2n) is 7.54. The quantitative estimate of drug-likeness (QED) is 0.304. The van der Waals surface area contributed by atoms with Crippen molar-refractivity contribution < 1.29 is 23.8 Å². The first-order valence-electron chi connectivity index (χ1n) is 10.8. The Balaban J connectivity index is 1.72. The molecular weight excluding hydrogens is 482 g/mol. The van der Waals surface area contributed by atoms with Crippen molar-refractivity contribution in [2.24, 2.45) is 0 Å². The van der Waals surface area contributed by atoms with Gasteiger partial charge >= 0.3 is 0 Å². The van der Waals surface area contributed by atoms with Crippen LogP contribution in [0.3, 0.4) is 0 Å². The Kier molecular flexibility index (Phi) is 8.92. The van der Waals surface area contributed by atoms with Crippen LogP contribution in [0.25, 0.3) is 6.08 Å². The molecule has 3 aromatic carbocycles. The van der Waals surface area contributed by atoms with Crippen LogP contribution in [0.15, 0.2) is 66.2 Å². The largest absolute Gasteiger partial charge is 0.497 e. The molecule has 0 aliphatic heterocycles. The number of amides is 2. The van der Waals surface area contributed by atoms with E-state index in [4.69, 9.17) is 25.8 Å². The summed E-state index contributed by atoms with van der Waals surface area (Å²) in [6.45, 7) is 1.53. The lowest BCUT2D eigenvalue weighted by Crippen LogP contribution is -2.20. The number of hydrogen-bond donors (Lipinski definition) is 2. The Morgan fingerprint density at radius 1 is 1.03 bits per heavy atom. The van der Waals surface area contributed by atoms with Crippen LogP contribution in [0.2, 0.25) is 5.02 Å². The van der Waals surface area contributed by atoms with Crippen LogP contribution < -0.4 is 24.8 Å². The Morgan fingerprint density at radius 2 is 1.75 bits per heavy atom. The standard InChI is InChI=1S/C27H24ClN3O5/c1-17-6-4-5-7-23(17)31-27(33)19(15-29)12-18-13-22(28)26(24(14-18)35-3)36-16-25(32)30-20-8-10-21(34-2)11-9-20/h4-14H,16H2,1-3H3,(H,30,32)(H,31,33)/b19-12-. The van der Waals surface area contributed by atoms with Gasteiger partial charge in [-0.1, -0.05) is 29.8 Å². The molecule has 0 fully saturated rings. The predicted molar refractivity (Wildman–Crippen MR) is 139 cm³/mol. The number of hydrogen-bond acceptors (Lipinski definition) is 6. The summed E-state index contributed by atoms with van der Waals surface area (Å²) in [6.07, 6.45) is 1.39. The molecule has 0 aliphatic carbocycles. The minimum absolute atomic E-state index is 0.121. The minimum atomic E-state index is -0.558. The van der Waals surface area contributed by atoms with Gasteiger partial charge in [-0.05, 0) is 66.6 Å². The maximum Gasteiger partial charge on any atom is 0.266 e. The van der Waals surface area contributed by atoms with E-state index in [1.807, 2.05) is 25.1 Å². The van der Waals surface area contributed by atoms with Gasteiger partial charge in [0.05, 0.1) is 19.2 Å². The first-order chi connectivity index (χ1) is 17.3. The average Bonchev–Trinajstić information content (AvgIpc) is 2.88. The summed E-state index contributed by atoms with van der Waals surface area (Å²) < 4.78 is 16.1. The molecule has 0 aliphatic rings. The van der Waals surface area contributed by atoms with E-state index >= 15 is 0 Å². The third-order valence-corrected chi connectivity index (χ3v) is 5.32. The highest BCUT2D eigenvalue weighted by Crippen LogP contribution is 2.37. The van der Waals surface area contributed by atoms with Crippen LogP contribution in [-0.4, -0.2) is 32.6 Å². The van der Waals surface area contributed by atoms with E-state index in [2.05, 4.69) is 10.6 Å². The van der Waals surface area contributed by atoms with E-state index in [0.717, 1.165) is 5.56 Å². The monoisotopic (exact) mass is 505 g/mol. The third kappa shape index (κ3) is 6.78. The van der Waals surface area contributed by atoms with Gasteiger partial charge in [0, 0.05) is 11.4 Å². The summed E-state index contributed by atoms with van der Waals surface area (Å²) in [5.74, 6) is 0.105. The molecule has 0 saturated carbocycles. The maximum absolute atomic E-state index is 12.6. The molecule has 0 spiro atoms. The predicted octanol–water partition coefficient (Wildman–Crippen LogP) is 5.23. The van der Waals surface area contributed by atoms with Crippen LogP contribution >= 0.6 is 11.6 Å². The molecule has 36 heavy (non-hydrogen) atoms. The first-order valence-corrected chi connectivity index (χ1v) is 11.2. The van der Waals surface area contributed by atoms with Gasteiger partial charge in [-0.25, -0.2) is 0 Å². The van der Waals surface area contributed by atoms with Gasteiger partial charge in [-0.15, -0.1) is 0 Å². The van der Waals surface area contributed by atoms with Crippen molar-refractivity contribution in [3.05, 3.63) is 82.4 Å². The van der Waals surface area contributed by atoms with Crippen LogP contribution in [0.5, 0.6) is 17.2 Å². The molecule has 184 valence electrons. The molecule has 0 radical (unpaired) electrons. The van der Waals surface area contributed by atoms with Gasteiger partial charge in [-0.3, -0.25) is 9.59 Å². The summed E-state index contributed by atoms with van der Waals surface area (Å²) in [5, 5.41) is 15.1. The smallest absolute Gasteiger partial charge is 0.266 e. The number of methoxy groups -OCH3 is 2. The number of carbonyl (C=O) groups excluding carboxylic acids is 2. The molecule has 3 rings (SSSR count). The zero-order valence-corrected chi connectivity index (χ0v) is 20.7. The van der Waals surface area contributed by atoms with Crippen LogP contribution in [0, 0.1) is 18.3 Å². The SMILES string of the molecule is COc1ccc(NC(=O)COc2c(Cl)cc(/C=C(/C#N)C(=O)Nc3ccccc3C)cc2OC)cc1. The number of halogens is 1. The van der Waals surface area contributed by atoms with E-state index < -0.39 is 11.8 Å². The fraction of sp³-hybridized carbons (Fsp3) is 0.148. The molecule has 3 aromatic rings. The lowest BCUT2D eigenvalue weighted by molar-refractivity contribution is -0.118. The van der Waals surface area contributed by atoms with Gasteiger partial charge in [0.1, 0.15) is 17.4 Å². The Bertz CT molecular complexity index is 1330. The number of benzene rings is 3. The Labute approximate surface area is 214 Å². The molecule has 9 heteroatoms. The topological polar surface area (TPSA) is 110 Å². The number of nitriles is 1. The molecule has 2 N–H and O–H groups in total. The summed E-state index contributed by atoms with van der Waals surface area (Å²) in [7, 11) is 2.97. The molecule has 2 amide bonds. The summed E-state index contributed by atoms with van der Waals surface area (Å²) in [5.41, 5.74) is 2.38. The molecular formula is C27H24ClN3O5. The first kappa shape index (κ1) is 26.1. The molecule has 8 nitrogen and oxygen atoms in total. The Morgan fingerprint density at radius 3 is 2.39 bits per heavy atom. The highest BCUT2D eigenvalue weighted by atomic mass is 35.5. The third-order valence-electron chi connectivity index (χ3n) is 5.04. The van der Waals surface area contributed by atoms with E-state index in [0.29, 0.717) is 22.7 Å². The van der Waals surface area contributed by atoms with Crippen LogP contribution in [0.4, 0.5) is 11.4 Å².